The molecular formula is C8H7F2N3O. The number of nitrogens with two attached hydrogens (primary N) is 1. The SMILES string of the molecule is COc1cc(N)c(C#N)c(C(F)F)n1. The fraction of sp³-hybridized carbons (Fsp3) is 0.250. The van der Waals surface area contributed by atoms with Gasteiger partial charge in [-0.05, 0) is 0 Å². The molecule has 4 nitrogen and oxygen atoms in total. The fourth-order valence-electron chi connectivity index (χ4n) is 0.944. The molecule has 0 amide bonds. The quantitative estimate of drug-likeness (QED) is 0.782. The van der Waals surface area contributed by atoms with E-state index in [1.54, 1.807) is 6.07 Å². The van der Waals surface area contributed by atoms with Crippen LogP contribution in [0.15, 0.2) is 6.07 Å². The lowest BCUT2D eigenvalue weighted by Crippen LogP contribution is -2.02. The van der Waals surface area contributed by atoms with Crippen molar-refractivity contribution in [2.45, 2.75) is 6.43 Å². The van der Waals surface area contributed by atoms with Gasteiger partial charge in [-0.1, -0.05) is 0 Å². The number of anilines is 1. The fourth-order valence-corrected chi connectivity index (χ4v) is 0.944. The number of pyridine rings is 1. The molecule has 0 spiro atoms. The lowest BCUT2D eigenvalue weighted by atomic mass is 10.2. The normalized spacial score (nSPS) is 9.93. The number of hydrogen-bond donors (Lipinski definition) is 1. The molecule has 0 atom stereocenters. The number of rotatable bonds is 2. The smallest absolute Gasteiger partial charge is 0.281 e. The van der Waals surface area contributed by atoms with Crippen molar-refractivity contribution in [3.05, 3.63) is 17.3 Å². The second-order valence-corrected chi connectivity index (χ2v) is 2.43. The van der Waals surface area contributed by atoms with Crippen LogP contribution in [0.3, 0.4) is 0 Å². The Labute approximate surface area is 78.9 Å². The highest BCUT2D eigenvalue weighted by Gasteiger charge is 2.18. The predicted molar refractivity (Wildman–Crippen MR) is 44.9 cm³/mol. The van der Waals surface area contributed by atoms with E-state index in [9.17, 15) is 8.78 Å². The van der Waals surface area contributed by atoms with Gasteiger partial charge in [-0.2, -0.15) is 5.26 Å². The average molecular weight is 199 g/mol. The Morgan fingerprint density at radius 1 is 1.64 bits per heavy atom. The zero-order chi connectivity index (χ0) is 10.7. The molecule has 0 aliphatic rings. The first-order chi connectivity index (χ1) is 6.60. The Hall–Kier alpha value is -1.90. The third-order valence-electron chi connectivity index (χ3n) is 1.58. The standard InChI is InChI=1S/C8H7F2N3O/c1-14-6-2-5(12)4(3-11)7(13-6)8(9)10/h2,8H,1H3,(H2,12,13). The molecule has 0 saturated carbocycles. The van der Waals surface area contributed by atoms with Gasteiger partial charge in [0.2, 0.25) is 5.88 Å². The Balaban J connectivity index is 3.37. The summed E-state index contributed by atoms with van der Waals surface area (Å²) in [5.41, 5.74) is 4.36. The van der Waals surface area contributed by atoms with Crippen molar-refractivity contribution in [2.75, 3.05) is 12.8 Å². The van der Waals surface area contributed by atoms with Crippen molar-refractivity contribution in [1.82, 2.24) is 4.98 Å². The number of nitrogens with zero attached hydrogens (tertiary/aromatic N) is 2. The number of hydrogen-bond acceptors (Lipinski definition) is 4. The molecule has 0 saturated heterocycles. The highest BCUT2D eigenvalue weighted by Crippen LogP contribution is 2.27. The van der Waals surface area contributed by atoms with Crippen molar-refractivity contribution < 1.29 is 13.5 Å². The lowest BCUT2D eigenvalue weighted by molar-refractivity contribution is 0.144. The molecule has 74 valence electrons. The van der Waals surface area contributed by atoms with E-state index in [0.29, 0.717) is 0 Å². The van der Waals surface area contributed by atoms with E-state index in [-0.39, 0.29) is 17.1 Å². The first-order valence-corrected chi connectivity index (χ1v) is 3.62. The zero-order valence-electron chi connectivity index (χ0n) is 7.29. The molecule has 0 aromatic carbocycles. The molecule has 6 heteroatoms. The van der Waals surface area contributed by atoms with Crippen LogP contribution in [0.5, 0.6) is 5.88 Å². The third kappa shape index (κ3) is 1.71. The van der Waals surface area contributed by atoms with Crippen molar-refractivity contribution in [3.8, 4) is 11.9 Å². The van der Waals surface area contributed by atoms with Crippen molar-refractivity contribution in [3.63, 3.8) is 0 Å². The first kappa shape index (κ1) is 10.2. The van der Waals surface area contributed by atoms with Gasteiger partial charge in [0.15, 0.2) is 0 Å². The number of ether oxygens (including phenoxy) is 1. The molecule has 14 heavy (non-hydrogen) atoms. The maximum atomic E-state index is 12.4. The van der Waals surface area contributed by atoms with Gasteiger partial charge in [-0.15, -0.1) is 0 Å². The minimum atomic E-state index is -2.85. The van der Waals surface area contributed by atoms with Crippen LogP contribution in [0.25, 0.3) is 0 Å². The summed E-state index contributed by atoms with van der Waals surface area (Å²) in [5, 5.41) is 8.57. The largest absolute Gasteiger partial charge is 0.481 e. The Morgan fingerprint density at radius 3 is 2.71 bits per heavy atom. The monoisotopic (exact) mass is 199 g/mol. The third-order valence-corrected chi connectivity index (χ3v) is 1.58. The van der Waals surface area contributed by atoms with Gasteiger partial charge in [-0.25, -0.2) is 13.8 Å². The first-order valence-electron chi connectivity index (χ1n) is 3.62. The van der Waals surface area contributed by atoms with E-state index in [1.165, 1.54) is 13.2 Å². The summed E-state index contributed by atoms with van der Waals surface area (Å²) in [7, 11) is 1.28. The molecule has 0 unspecified atom stereocenters. The zero-order valence-corrected chi connectivity index (χ0v) is 7.29. The topological polar surface area (TPSA) is 71.9 Å². The van der Waals surface area contributed by atoms with E-state index in [2.05, 4.69) is 9.72 Å². The molecule has 1 rings (SSSR count). The van der Waals surface area contributed by atoms with Gasteiger partial charge in [0.05, 0.1) is 12.8 Å². The van der Waals surface area contributed by atoms with Gasteiger partial charge in [-0.3, -0.25) is 0 Å². The van der Waals surface area contributed by atoms with E-state index in [4.69, 9.17) is 11.0 Å². The second kappa shape index (κ2) is 3.87. The van der Waals surface area contributed by atoms with E-state index in [0.717, 1.165) is 0 Å². The molecule has 2 N–H and O–H groups in total. The summed E-state index contributed by atoms with van der Waals surface area (Å²) >= 11 is 0. The van der Waals surface area contributed by atoms with Gasteiger partial charge in [0.1, 0.15) is 17.3 Å². The molecule has 1 aromatic heterocycles. The number of nitrogen functional groups attached to an aromatic ring is 1. The number of aromatic nitrogens is 1. The van der Waals surface area contributed by atoms with E-state index < -0.39 is 12.1 Å². The summed E-state index contributed by atoms with van der Waals surface area (Å²) in [6.07, 6.45) is -2.85. The van der Waals surface area contributed by atoms with Crippen LogP contribution in [-0.4, -0.2) is 12.1 Å². The summed E-state index contributed by atoms with van der Waals surface area (Å²) < 4.78 is 29.4. The van der Waals surface area contributed by atoms with E-state index in [1.807, 2.05) is 0 Å². The molecule has 0 bridgehead atoms. The molecule has 0 aliphatic heterocycles. The molecule has 1 heterocycles. The second-order valence-electron chi connectivity index (χ2n) is 2.43. The van der Waals surface area contributed by atoms with Crippen LogP contribution < -0.4 is 10.5 Å². The summed E-state index contributed by atoms with van der Waals surface area (Å²) in [6, 6.07) is 2.80. The Kier molecular flexibility index (Phi) is 2.82. The summed E-state index contributed by atoms with van der Waals surface area (Å²) in [4.78, 5) is 3.45. The van der Waals surface area contributed by atoms with Gasteiger partial charge in [0, 0.05) is 6.07 Å². The van der Waals surface area contributed by atoms with Crippen molar-refractivity contribution in [1.29, 1.82) is 5.26 Å². The minimum Gasteiger partial charge on any atom is -0.481 e. The number of halogens is 2. The maximum Gasteiger partial charge on any atom is 0.281 e. The summed E-state index contributed by atoms with van der Waals surface area (Å²) in [5.74, 6) is -0.0307. The molecule has 0 aliphatic carbocycles. The highest BCUT2D eigenvalue weighted by atomic mass is 19.3. The van der Waals surface area contributed by atoms with Crippen LogP contribution in [0.2, 0.25) is 0 Å². The average Bonchev–Trinajstić information content (AvgIpc) is 2.16. The molecule has 1 aromatic rings. The van der Waals surface area contributed by atoms with Crippen LogP contribution in [-0.2, 0) is 0 Å². The van der Waals surface area contributed by atoms with Crippen LogP contribution >= 0.6 is 0 Å². The van der Waals surface area contributed by atoms with Crippen LogP contribution in [0, 0.1) is 11.3 Å². The predicted octanol–water partition coefficient (Wildman–Crippen LogP) is 1.48. The van der Waals surface area contributed by atoms with Gasteiger partial charge < -0.3 is 10.5 Å². The van der Waals surface area contributed by atoms with Crippen molar-refractivity contribution in [2.24, 2.45) is 0 Å². The molecule has 0 radical (unpaired) electrons. The number of methoxy groups -OCH3 is 1. The molecular weight excluding hydrogens is 192 g/mol. The Bertz CT molecular complexity index is 387. The number of nitriles is 1. The van der Waals surface area contributed by atoms with Crippen LogP contribution in [0.4, 0.5) is 14.5 Å². The van der Waals surface area contributed by atoms with Gasteiger partial charge >= 0.3 is 0 Å². The van der Waals surface area contributed by atoms with E-state index >= 15 is 0 Å². The highest BCUT2D eigenvalue weighted by molar-refractivity contribution is 5.58. The number of alkyl halides is 2. The van der Waals surface area contributed by atoms with Crippen LogP contribution in [0.1, 0.15) is 17.7 Å². The minimum absolute atomic E-state index is 0.0307. The van der Waals surface area contributed by atoms with Gasteiger partial charge in [0.25, 0.3) is 6.43 Å². The maximum absolute atomic E-state index is 12.4. The molecule has 0 fully saturated rings. The Morgan fingerprint density at radius 2 is 2.29 bits per heavy atom. The van der Waals surface area contributed by atoms with Crippen molar-refractivity contribution >= 4 is 5.69 Å². The summed E-state index contributed by atoms with van der Waals surface area (Å²) in [6.45, 7) is 0. The lowest BCUT2D eigenvalue weighted by Gasteiger charge is -2.07.